The second-order valence-corrected chi connectivity index (χ2v) is 4.91. The molecule has 2 heterocycles. The Bertz CT molecular complexity index is 598. The number of hydrogen-bond acceptors (Lipinski definition) is 4. The van der Waals surface area contributed by atoms with Crippen LogP contribution in [0.5, 0.6) is 5.75 Å². The summed E-state index contributed by atoms with van der Waals surface area (Å²) in [4.78, 5) is 10.6. The molecule has 0 spiro atoms. The van der Waals surface area contributed by atoms with E-state index in [4.69, 9.17) is 4.74 Å². The number of fused-ring (bicyclic) bond motifs is 1. The normalized spacial score (nSPS) is 12.9. The Morgan fingerprint density at radius 1 is 1.26 bits per heavy atom. The van der Waals surface area contributed by atoms with Gasteiger partial charge in [0.25, 0.3) is 0 Å². The van der Waals surface area contributed by atoms with Gasteiger partial charge in [0, 0.05) is 31.8 Å². The fraction of sp³-hybridized carbons (Fsp3) is 0.333. The zero-order valence-electron chi connectivity index (χ0n) is 11.3. The third-order valence-corrected chi connectivity index (χ3v) is 3.35. The quantitative estimate of drug-likeness (QED) is 0.844. The van der Waals surface area contributed by atoms with E-state index in [9.17, 15) is 0 Å². The van der Waals surface area contributed by atoms with E-state index in [1.54, 1.807) is 6.33 Å². The molecule has 0 fully saturated rings. The maximum atomic E-state index is 5.52. The average Bonchev–Trinajstić information content (AvgIpc) is 2.86. The molecule has 3 rings (SSSR count). The number of anilines is 1. The van der Waals surface area contributed by atoms with Crippen molar-refractivity contribution in [2.75, 3.05) is 18.6 Å². The van der Waals surface area contributed by atoms with Crippen LogP contribution in [0, 0.1) is 6.92 Å². The van der Waals surface area contributed by atoms with Crippen molar-refractivity contribution in [3.8, 4) is 5.75 Å². The number of nitrogens with zero attached hydrogens (tertiary/aromatic N) is 3. The lowest BCUT2D eigenvalue weighted by Gasteiger charge is -2.18. The van der Waals surface area contributed by atoms with E-state index < -0.39 is 0 Å². The first kappa shape index (κ1) is 12.0. The van der Waals surface area contributed by atoms with E-state index in [1.165, 1.54) is 11.1 Å². The van der Waals surface area contributed by atoms with Crippen LogP contribution in [0.3, 0.4) is 0 Å². The summed E-state index contributed by atoms with van der Waals surface area (Å²) in [5.41, 5.74) is 3.58. The van der Waals surface area contributed by atoms with Crippen LogP contribution >= 0.6 is 0 Å². The minimum absolute atomic E-state index is 0.805. The Balaban J connectivity index is 1.77. The molecule has 2 aromatic rings. The first-order valence-electron chi connectivity index (χ1n) is 6.47. The number of ether oxygens (including phenoxy) is 1. The Labute approximate surface area is 113 Å². The number of rotatable bonds is 3. The second kappa shape index (κ2) is 4.88. The number of benzene rings is 1. The molecule has 0 bridgehead atoms. The van der Waals surface area contributed by atoms with Crippen LogP contribution in [0.15, 0.2) is 30.6 Å². The first-order valence-corrected chi connectivity index (χ1v) is 6.47. The summed E-state index contributed by atoms with van der Waals surface area (Å²) >= 11 is 0. The maximum absolute atomic E-state index is 5.52. The van der Waals surface area contributed by atoms with Crippen LogP contribution in [0.2, 0.25) is 0 Å². The predicted molar refractivity (Wildman–Crippen MR) is 74.5 cm³/mol. The smallest absolute Gasteiger partial charge is 0.132 e. The minimum Gasteiger partial charge on any atom is -0.493 e. The van der Waals surface area contributed by atoms with Crippen molar-refractivity contribution in [2.45, 2.75) is 19.9 Å². The van der Waals surface area contributed by atoms with Gasteiger partial charge in [-0.05, 0) is 24.1 Å². The molecular weight excluding hydrogens is 238 g/mol. The van der Waals surface area contributed by atoms with Crippen molar-refractivity contribution in [3.05, 3.63) is 47.4 Å². The molecule has 19 heavy (non-hydrogen) atoms. The highest BCUT2D eigenvalue weighted by molar-refractivity contribution is 5.43. The Kier molecular flexibility index (Phi) is 3.07. The lowest BCUT2D eigenvalue weighted by atomic mass is 10.1. The predicted octanol–water partition coefficient (Wildman–Crippen LogP) is 2.36. The molecule has 0 unspecified atom stereocenters. The lowest BCUT2D eigenvalue weighted by molar-refractivity contribution is 0.357. The molecule has 1 aromatic heterocycles. The van der Waals surface area contributed by atoms with Crippen molar-refractivity contribution in [1.82, 2.24) is 9.97 Å². The van der Waals surface area contributed by atoms with Crippen molar-refractivity contribution in [1.29, 1.82) is 0 Å². The van der Waals surface area contributed by atoms with Gasteiger partial charge in [0.15, 0.2) is 0 Å². The van der Waals surface area contributed by atoms with Crippen LogP contribution in [0.1, 0.15) is 16.8 Å². The van der Waals surface area contributed by atoms with E-state index in [-0.39, 0.29) is 0 Å². The average molecular weight is 255 g/mol. The van der Waals surface area contributed by atoms with Gasteiger partial charge in [0.2, 0.25) is 0 Å². The van der Waals surface area contributed by atoms with Gasteiger partial charge in [-0.1, -0.05) is 12.1 Å². The Morgan fingerprint density at radius 2 is 2.16 bits per heavy atom. The SMILES string of the molecule is Cc1cc(N(C)Cc2ccc3c(c2)CCO3)ncn1. The Morgan fingerprint density at radius 3 is 3.00 bits per heavy atom. The zero-order valence-corrected chi connectivity index (χ0v) is 11.3. The Hall–Kier alpha value is -2.10. The van der Waals surface area contributed by atoms with Crippen molar-refractivity contribution < 1.29 is 4.74 Å². The van der Waals surface area contributed by atoms with E-state index in [0.717, 1.165) is 36.8 Å². The molecular formula is C15H17N3O. The minimum atomic E-state index is 0.805. The van der Waals surface area contributed by atoms with Gasteiger partial charge >= 0.3 is 0 Å². The van der Waals surface area contributed by atoms with Gasteiger partial charge in [0.1, 0.15) is 17.9 Å². The van der Waals surface area contributed by atoms with Gasteiger partial charge < -0.3 is 9.64 Å². The molecule has 0 radical (unpaired) electrons. The largest absolute Gasteiger partial charge is 0.493 e. The monoisotopic (exact) mass is 255 g/mol. The fourth-order valence-corrected chi connectivity index (χ4v) is 2.34. The summed E-state index contributed by atoms with van der Waals surface area (Å²) in [5, 5.41) is 0. The summed E-state index contributed by atoms with van der Waals surface area (Å²) in [6.07, 6.45) is 2.62. The van der Waals surface area contributed by atoms with E-state index in [1.807, 2.05) is 20.0 Å². The fourth-order valence-electron chi connectivity index (χ4n) is 2.34. The van der Waals surface area contributed by atoms with Crippen LogP contribution < -0.4 is 9.64 Å². The molecule has 0 aliphatic carbocycles. The summed E-state index contributed by atoms with van der Waals surface area (Å²) in [5.74, 6) is 1.98. The number of hydrogen-bond donors (Lipinski definition) is 0. The van der Waals surface area contributed by atoms with Crippen molar-refractivity contribution in [2.24, 2.45) is 0 Å². The summed E-state index contributed by atoms with van der Waals surface area (Å²) in [6, 6.07) is 8.41. The van der Waals surface area contributed by atoms with Crippen LogP contribution in [0.25, 0.3) is 0 Å². The summed E-state index contributed by atoms with van der Waals surface area (Å²) < 4.78 is 5.52. The maximum Gasteiger partial charge on any atom is 0.132 e. The molecule has 0 saturated carbocycles. The molecule has 1 aliphatic rings. The second-order valence-electron chi connectivity index (χ2n) is 4.91. The van der Waals surface area contributed by atoms with Crippen LogP contribution in [-0.4, -0.2) is 23.6 Å². The third-order valence-electron chi connectivity index (χ3n) is 3.35. The molecule has 98 valence electrons. The van der Waals surface area contributed by atoms with Gasteiger partial charge in [-0.3, -0.25) is 0 Å². The molecule has 1 aromatic carbocycles. The van der Waals surface area contributed by atoms with Gasteiger partial charge in [-0.15, -0.1) is 0 Å². The molecule has 4 heteroatoms. The number of aromatic nitrogens is 2. The highest BCUT2D eigenvalue weighted by Gasteiger charge is 2.13. The van der Waals surface area contributed by atoms with E-state index in [2.05, 4.69) is 33.1 Å². The highest BCUT2D eigenvalue weighted by Crippen LogP contribution is 2.26. The highest BCUT2D eigenvalue weighted by atomic mass is 16.5. The molecule has 4 nitrogen and oxygen atoms in total. The number of aryl methyl sites for hydroxylation is 1. The van der Waals surface area contributed by atoms with E-state index >= 15 is 0 Å². The van der Waals surface area contributed by atoms with Gasteiger partial charge in [-0.25, -0.2) is 9.97 Å². The van der Waals surface area contributed by atoms with Crippen molar-refractivity contribution >= 4 is 5.82 Å². The zero-order chi connectivity index (χ0) is 13.2. The van der Waals surface area contributed by atoms with Crippen LogP contribution in [0.4, 0.5) is 5.82 Å². The van der Waals surface area contributed by atoms with Gasteiger partial charge in [0.05, 0.1) is 6.61 Å². The van der Waals surface area contributed by atoms with Crippen LogP contribution in [-0.2, 0) is 13.0 Å². The topological polar surface area (TPSA) is 38.2 Å². The molecule has 0 atom stereocenters. The van der Waals surface area contributed by atoms with Crippen molar-refractivity contribution in [3.63, 3.8) is 0 Å². The standard InChI is InChI=1S/C15H17N3O/c1-11-7-15(17-10-16-11)18(2)9-12-3-4-14-13(8-12)5-6-19-14/h3-4,7-8,10H,5-6,9H2,1-2H3. The third kappa shape index (κ3) is 2.52. The molecule has 0 saturated heterocycles. The van der Waals surface area contributed by atoms with E-state index in [0.29, 0.717) is 0 Å². The van der Waals surface area contributed by atoms with Gasteiger partial charge in [-0.2, -0.15) is 0 Å². The molecule has 1 aliphatic heterocycles. The summed E-state index contributed by atoms with van der Waals surface area (Å²) in [7, 11) is 2.05. The molecule has 0 N–H and O–H groups in total. The lowest BCUT2D eigenvalue weighted by Crippen LogP contribution is -2.18. The summed E-state index contributed by atoms with van der Waals surface area (Å²) in [6.45, 7) is 3.62. The first-order chi connectivity index (χ1) is 9.22. The molecule has 0 amide bonds.